The van der Waals surface area contributed by atoms with Gasteiger partial charge in [-0.1, -0.05) is 30.3 Å². The zero-order chi connectivity index (χ0) is 9.31. The van der Waals surface area contributed by atoms with E-state index in [1.54, 1.807) is 0 Å². The van der Waals surface area contributed by atoms with Gasteiger partial charge in [-0.25, -0.2) is 0 Å². The summed E-state index contributed by atoms with van der Waals surface area (Å²) in [4.78, 5) is 0. The topological polar surface area (TPSA) is 40.5 Å². The van der Waals surface area contributed by atoms with E-state index in [9.17, 15) is 5.11 Å². The molecule has 1 aromatic carbocycles. The molecule has 0 spiro atoms. The van der Waals surface area contributed by atoms with E-state index in [1.165, 1.54) is 0 Å². The molecule has 2 nitrogen and oxygen atoms in total. The molecule has 2 N–H and O–H groups in total. The zero-order valence-corrected chi connectivity index (χ0v) is 7.48. The van der Waals surface area contributed by atoms with Crippen LogP contribution >= 0.6 is 0 Å². The Morgan fingerprint density at radius 1 is 1.23 bits per heavy atom. The first-order valence-corrected chi connectivity index (χ1v) is 4.62. The Bertz CT molecular complexity index is 277. The van der Waals surface area contributed by atoms with Crippen molar-refractivity contribution in [3.05, 3.63) is 35.9 Å². The average Bonchev–Trinajstić information content (AvgIpc) is 2.99. The summed E-state index contributed by atoms with van der Waals surface area (Å²) >= 11 is 0. The van der Waals surface area contributed by atoms with Crippen LogP contribution in [0.2, 0.25) is 0 Å². The van der Waals surface area contributed by atoms with Crippen molar-refractivity contribution in [3.63, 3.8) is 0 Å². The molecule has 0 heterocycles. The molecule has 1 atom stereocenters. The minimum absolute atomic E-state index is 0.0864. The van der Waals surface area contributed by atoms with Crippen LogP contribution in [0.25, 0.3) is 0 Å². The van der Waals surface area contributed by atoms with Crippen molar-refractivity contribution >= 4 is 0 Å². The summed E-state index contributed by atoms with van der Waals surface area (Å²) in [5.41, 5.74) is 0.676. The molecule has 1 fully saturated rings. The second-order valence-corrected chi connectivity index (χ2v) is 3.83. The predicted molar refractivity (Wildman–Crippen MR) is 50.2 cm³/mol. The molecule has 1 saturated carbocycles. The Balaban J connectivity index is 2.18. The van der Waals surface area contributed by atoms with E-state index in [0.29, 0.717) is 0 Å². The Morgan fingerprint density at radius 3 is 2.31 bits per heavy atom. The van der Waals surface area contributed by atoms with Gasteiger partial charge in [-0.05, 0) is 18.4 Å². The van der Waals surface area contributed by atoms with Crippen molar-refractivity contribution in [2.75, 3.05) is 6.61 Å². The third kappa shape index (κ3) is 1.47. The zero-order valence-electron chi connectivity index (χ0n) is 7.48. The van der Waals surface area contributed by atoms with Crippen LogP contribution in [0.15, 0.2) is 30.3 Å². The quantitative estimate of drug-likeness (QED) is 0.736. The van der Waals surface area contributed by atoms with Gasteiger partial charge >= 0.3 is 0 Å². The number of hydrogen-bond acceptors (Lipinski definition) is 2. The maximum absolute atomic E-state index is 9.95. The lowest BCUT2D eigenvalue weighted by atomic mass is 9.94. The monoisotopic (exact) mass is 178 g/mol. The Hall–Kier alpha value is -0.860. The molecule has 70 valence electrons. The predicted octanol–water partition coefficient (Wildman–Crippen LogP) is 1.49. The summed E-state index contributed by atoms with van der Waals surface area (Å²) in [6.07, 6.45) is 1.36. The fourth-order valence-corrected chi connectivity index (χ4v) is 1.67. The highest BCUT2D eigenvalue weighted by atomic mass is 16.3. The second-order valence-electron chi connectivity index (χ2n) is 3.83. The van der Waals surface area contributed by atoms with E-state index in [0.717, 1.165) is 18.4 Å². The van der Waals surface area contributed by atoms with E-state index < -0.39 is 6.10 Å². The minimum atomic E-state index is -0.501. The lowest BCUT2D eigenvalue weighted by molar-refractivity contribution is 0.0501. The second kappa shape index (κ2) is 3.13. The molecule has 13 heavy (non-hydrogen) atoms. The third-order valence-electron chi connectivity index (χ3n) is 2.90. The van der Waals surface area contributed by atoms with Gasteiger partial charge in [0.15, 0.2) is 0 Å². The molecular weight excluding hydrogens is 164 g/mol. The first-order chi connectivity index (χ1) is 6.28. The smallest absolute Gasteiger partial charge is 0.0868 e. The SMILES string of the molecule is OCC1(C(O)c2ccccc2)CC1. The van der Waals surface area contributed by atoms with Gasteiger partial charge in [0.05, 0.1) is 12.7 Å². The molecule has 2 rings (SSSR count). The third-order valence-corrected chi connectivity index (χ3v) is 2.90. The van der Waals surface area contributed by atoms with Crippen LogP contribution in [0, 0.1) is 5.41 Å². The van der Waals surface area contributed by atoms with E-state index >= 15 is 0 Å². The van der Waals surface area contributed by atoms with Crippen molar-refractivity contribution < 1.29 is 10.2 Å². The molecule has 1 aliphatic rings. The molecular formula is C11H14O2. The Morgan fingerprint density at radius 2 is 1.85 bits per heavy atom. The van der Waals surface area contributed by atoms with Crippen molar-refractivity contribution in [3.8, 4) is 0 Å². The summed E-state index contributed by atoms with van der Waals surface area (Å²) in [5, 5.41) is 19.1. The molecule has 0 radical (unpaired) electrons. The normalized spacial score (nSPS) is 21.1. The van der Waals surface area contributed by atoms with Gasteiger partial charge in [0.25, 0.3) is 0 Å². The number of hydrogen-bond donors (Lipinski definition) is 2. The number of rotatable bonds is 3. The lowest BCUT2D eigenvalue weighted by Gasteiger charge is -2.19. The van der Waals surface area contributed by atoms with Crippen LogP contribution < -0.4 is 0 Å². The average molecular weight is 178 g/mol. The van der Waals surface area contributed by atoms with Crippen LogP contribution in [-0.2, 0) is 0 Å². The number of benzene rings is 1. The molecule has 0 aromatic heterocycles. The van der Waals surface area contributed by atoms with E-state index in [-0.39, 0.29) is 12.0 Å². The maximum atomic E-state index is 9.95. The standard InChI is InChI=1S/C11H14O2/c12-8-11(6-7-11)10(13)9-4-2-1-3-5-9/h1-5,10,12-13H,6-8H2. The van der Waals surface area contributed by atoms with Crippen molar-refractivity contribution in [2.45, 2.75) is 18.9 Å². The van der Waals surface area contributed by atoms with Crippen LogP contribution in [-0.4, -0.2) is 16.8 Å². The Labute approximate surface area is 77.8 Å². The highest BCUT2D eigenvalue weighted by Gasteiger charge is 2.48. The van der Waals surface area contributed by atoms with Crippen LogP contribution in [0.1, 0.15) is 24.5 Å². The van der Waals surface area contributed by atoms with Gasteiger partial charge in [0.2, 0.25) is 0 Å². The lowest BCUT2D eigenvalue weighted by Crippen LogP contribution is -2.17. The van der Waals surface area contributed by atoms with Gasteiger partial charge in [0, 0.05) is 5.41 Å². The van der Waals surface area contributed by atoms with Crippen LogP contribution in [0.4, 0.5) is 0 Å². The van der Waals surface area contributed by atoms with E-state index in [4.69, 9.17) is 5.11 Å². The molecule has 1 aromatic rings. The molecule has 1 unspecified atom stereocenters. The molecule has 2 heteroatoms. The molecule has 0 amide bonds. The highest BCUT2D eigenvalue weighted by Crippen LogP contribution is 2.54. The summed E-state index contributed by atoms with van der Waals surface area (Å²) in [5.74, 6) is 0. The molecule has 1 aliphatic carbocycles. The van der Waals surface area contributed by atoms with Crippen LogP contribution in [0.5, 0.6) is 0 Å². The summed E-state index contributed by atoms with van der Waals surface area (Å²) in [7, 11) is 0. The van der Waals surface area contributed by atoms with Gasteiger partial charge in [-0.15, -0.1) is 0 Å². The molecule has 0 bridgehead atoms. The molecule has 0 aliphatic heterocycles. The number of aliphatic hydroxyl groups is 2. The van der Waals surface area contributed by atoms with Gasteiger partial charge in [0.1, 0.15) is 0 Å². The fourth-order valence-electron chi connectivity index (χ4n) is 1.67. The number of aliphatic hydroxyl groups excluding tert-OH is 2. The van der Waals surface area contributed by atoms with Crippen molar-refractivity contribution in [1.29, 1.82) is 0 Å². The molecule has 0 saturated heterocycles. The summed E-state index contributed by atoms with van der Waals surface area (Å²) < 4.78 is 0. The summed E-state index contributed by atoms with van der Waals surface area (Å²) in [6, 6.07) is 9.55. The first-order valence-electron chi connectivity index (χ1n) is 4.62. The van der Waals surface area contributed by atoms with Gasteiger partial charge in [-0.3, -0.25) is 0 Å². The van der Waals surface area contributed by atoms with Crippen molar-refractivity contribution in [2.24, 2.45) is 5.41 Å². The first kappa shape index (κ1) is 8.73. The largest absolute Gasteiger partial charge is 0.396 e. The fraction of sp³-hybridized carbons (Fsp3) is 0.455. The van der Waals surface area contributed by atoms with Crippen molar-refractivity contribution in [1.82, 2.24) is 0 Å². The maximum Gasteiger partial charge on any atom is 0.0868 e. The summed E-state index contributed by atoms with van der Waals surface area (Å²) in [6.45, 7) is 0.0864. The highest BCUT2D eigenvalue weighted by molar-refractivity contribution is 5.22. The Kier molecular flexibility index (Phi) is 2.10. The van der Waals surface area contributed by atoms with Gasteiger partial charge in [-0.2, -0.15) is 0 Å². The van der Waals surface area contributed by atoms with Gasteiger partial charge < -0.3 is 10.2 Å². The van der Waals surface area contributed by atoms with Crippen LogP contribution in [0.3, 0.4) is 0 Å². The van der Waals surface area contributed by atoms with E-state index in [2.05, 4.69) is 0 Å². The minimum Gasteiger partial charge on any atom is -0.396 e. The van der Waals surface area contributed by atoms with E-state index in [1.807, 2.05) is 30.3 Å².